The molecule has 0 spiro atoms. The minimum absolute atomic E-state index is 0.968. The van der Waals surface area contributed by atoms with Gasteiger partial charge in [0.15, 0.2) is 0 Å². The fourth-order valence-corrected chi connectivity index (χ4v) is 1.28. The van der Waals surface area contributed by atoms with Gasteiger partial charge in [-0.05, 0) is 6.92 Å². The van der Waals surface area contributed by atoms with Gasteiger partial charge in [0.25, 0.3) is 0 Å². The van der Waals surface area contributed by atoms with E-state index in [1.54, 1.807) is 11.8 Å². The van der Waals surface area contributed by atoms with E-state index in [1.807, 2.05) is 6.92 Å². The van der Waals surface area contributed by atoms with Gasteiger partial charge in [-0.2, -0.15) is 0 Å². The van der Waals surface area contributed by atoms with Gasteiger partial charge in [-0.15, -0.1) is 11.8 Å². The highest BCUT2D eigenvalue weighted by molar-refractivity contribution is 8.04. The Morgan fingerprint density at radius 2 is 2.50 bits per heavy atom. The largest absolute Gasteiger partial charge is 0.288 e. The second-order valence-electron chi connectivity index (χ2n) is 1.74. The lowest BCUT2D eigenvalue weighted by Gasteiger charge is -2.08. The first-order valence-corrected chi connectivity index (χ1v) is 3.62. The minimum Gasteiger partial charge on any atom is -0.288 e. The number of rotatable bonds is 0. The summed E-state index contributed by atoms with van der Waals surface area (Å²) in [4.78, 5) is 5.34. The smallest absolute Gasteiger partial charge is 0.0487 e. The van der Waals surface area contributed by atoms with Gasteiger partial charge >= 0.3 is 0 Å². The molecule has 2 heteroatoms. The Morgan fingerprint density at radius 1 is 1.75 bits per heavy atom. The summed E-state index contributed by atoms with van der Waals surface area (Å²) in [5, 5.41) is 0. The average Bonchev–Trinajstić information content (AvgIpc) is 1.77. The van der Waals surface area contributed by atoms with Crippen LogP contribution in [0.3, 0.4) is 0 Å². The molecular weight excluding hydrogens is 118 g/mol. The monoisotopic (exact) mass is 127 g/mol. The molecule has 0 radical (unpaired) electrons. The Hall–Kier alpha value is -0.240. The van der Waals surface area contributed by atoms with E-state index in [4.69, 9.17) is 0 Å². The van der Waals surface area contributed by atoms with Crippen molar-refractivity contribution >= 4 is 17.5 Å². The molecule has 0 amide bonds. The third-order valence-corrected chi connectivity index (χ3v) is 2.15. The molecule has 0 aromatic carbocycles. The summed E-state index contributed by atoms with van der Waals surface area (Å²) < 4.78 is 0. The summed E-state index contributed by atoms with van der Waals surface area (Å²) in [6, 6.07) is 0. The van der Waals surface area contributed by atoms with E-state index < -0.39 is 0 Å². The van der Waals surface area contributed by atoms with Gasteiger partial charge < -0.3 is 0 Å². The lowest BCUT2D eigenvalue weighted by atomic mass is 10.4. The van der Waals surface area contributed by atoms with Crippen molar-refractivity contribution in [1.29, 1.82) is 0 Å². The lowest BCUT2D eigenvalue weighted by Crippen LogP contribution is -2.02. The summed E-state index contributed by atoms with van der Waals surface area (Å²) in [5.74, 6) is 1.11. The Labute approximate surface area is 53.9 Å². The second-order valence-corrected chi connectivity index (χ2v) is 2.93. The number of aliphatic imine (C=N–C) groups is 1. The van der Waals surface area contributed by atoms with Crippen LogP contribution in [-0.4, -0.2) is 18.0 Å². The number of allylic oxidation sites excluding steroid dienone is 1. The molecule has 1 nitrogen and oxygen atoms in total. The van der Waals surface area contributed by atoms with Crippen LogP contribution in [0, 0.1) is 0 Å². The fourth-order valence-electron chi connectivity index (χ4n) is 0.575. The summed E-state index contributed by atoms with van der Waals surface area (Å²) >= 11 is 1.80. The number of hydrogen-bond donors (Lipinski definition) is 0. The highest BCUT2D eigenvalue weighted by Gasteiger charge is 2.02. The molecule has 0 saturated carbocycles. The van der Waals surface area contributed by atoms with E-state index in [-0.39, 0.29) is 0 Å². The SMILES string of the molecule is C=C1SCCN=C1C. The van der Waals surface area contributed by atoms with Crippen molar-refractivity contribution in [1.82, 2.24) is 0 Å². The van der Waals surface area contributed by atoms with Crippen LogP contribution in [0.5, 0.6) is 0 Å². The van der Waals surface area contributed by atoms with Crippen molar-refractivity contribution < 1.29 is 0 Å². The van der Waals surface area contributed by atoms with E-state index in [9.17, 15) is 0 Å². The average molecular weight is 127 g/mol. The maximum absolute atomic E-state index is 4.21. The molecule has 0 unspecified atom stereocenters. The van der Waals surface area contributed by atoms with E-state index in [0.29, 0.717) is 0 Å². The predicted molar refractivity (Wildman–Crippen MR) is 39.6 cm³/mol. The lowest BCUT2D eigenvalue weighted by molar-refractivity contribution is 1.13. The van der Waals surface area contributed by atoms with Crippen LogP contribution in [0.2, 0.25) is 0 Å². The summed E-state index contributed by atoms with van der Waals surface area (Å²) in [6.45, 7) is 6.80. The van der Waals surface area contributed by atoms with Crippen molar-refractivity contribution in [3.8, 4) is 0 Å². The first-order chi connectivity index (χ1) is 3.80. The highest BCUT2D eigenvalue weighted by Crippen LogP contribution is 2.18. The number of nitrogens with zero attached hydrogens (tertiary/aromatic N) is 1. The first kappa shape index (κ1) is 5.89. The normalized spacial score (nSPS) is 20.6. The topological polar surface area (TPSA) is 12.4 Å². The zero-order valence-electron chi connectivity index (χ0n) is 4.98. The molecular formula is C6H9NS. The van der Waals surface area contributed by atoms with E-state index in [0.717, 1.165) is 22.9 Å². The maximum atomic E-state index is 4.21. The van der Waals surface area contributed by atoms with Crippen LogP contribution in [-0.2, 0) is 0 Å². The van der Waals surface area contributed by atoms with E-state index in [1.165, 1.54) is 0 Å². The third-order valence-electron chi connectivity index (χ3n) is 1.12. The number of hydrogen-bond acceptors (Lipinski definition) is 2. The summed E-state index contributed by atoms with van der Waals surface area (Å²) in [5.41, 5.74) is 1.11. The molecule has 1 rings (SSSR count). The first-order valence-electron chi connectivity index (χ1n) is 2.64. The molecule has 44 valence electrons. The van der Waals surface area contributed by atoms with Gasteiger partial charge in [0.1, 0.15) is 0 Å². The second kappa shape index (κ2) is 2.35. The van der Waals surface area contributed by atoms with Crippen molar-refractivity contribution in [3.05, 3.63) is 11.5 Å². The minimum atomic E-state index is 0.968. The standard InChI is InChI=1S/C6H9NS/c1-5-6(2)8-4-3-7-5/h2-4H2,1H3. The molecule has 1 heterocycles. The highest BCUT2D eigenvalue weighted by atomic mass is 32.2. The molecule has 0 N–H and O–H groups in total. The van der Waals surface area contributed by atoms with E-state index >= 15 is 0 Å². The predicted octanol–water partition coefficient (Wildman–Crippen LogP) is 1.71. The molecule has 0 aromatic rings. The van der Waals surface area contributed by atoms with Gasteiger partial charge in [-0.25, -0.2) is 0 Å². The zero-order chi connectivity index (χ0) is 5.98. The molecule has 8 heavy (non-hydrogen) atoms. The Bertz CT molecular complexity index is 137. The Kier molecular flexibility index (Phi) is 1.73. The van der Waals surface area contributed by atoms with Crippen molar-refractivity contribution in [2.45, 2.75) is 6.92 Å². The number of thioether (sulfide) groups is 1. The third kappa shape index (κ3) is 1.13. The van der Waals surface area contributed by atoms with Crippen molar-refractivity contribution in [3.63, 3.8) is 0 Å². The molecule has 1 aliphatic rings. The zero-order valence-corrected chi connectivity index (χ0v) is 5.79. The van der Waals surface area contributed by atoms with E-state index in [2.05, 4.69) is 11.6 Å². The Balaban J connectivity index is 2.67. The van der Waals surface area contributed by atoms with Crippen LogP contribution >= 0.6 is 11.8 Å². The molecule has 0 aromatic heterocycles. The molecule has 0 saturated heterocycles. The van der Waals surface area contributed by atoms with Gasteiger partial charge in [0, 0.05) is 22.9 Å². The molecule has 0 atom stereocenters. The summed E-state index contributed by atoms with van der Waals surface area (Å²) in [7, 11) is 0. The maximum Gasteiger partial charge on any atom is 0.0487 e. The fraction of sp³-hybridized carbons (Fsp3) is 0.500. The molecule has 0 aliphatic carbocycles. The summed E-state index contributed by atoms with van der Waals surface area (Å²) in [6.07, 6.45) is 0. The molecule has 0 fully saturated rings. The van der Waals surface area contributed by atoms with Gasteiger partial charge in [0.05, 0.1) is 0 Å². The van der Waals surface area contributed by atoms with Crippen LogP contribution in [0.1, 0.15) is 6.92 Å². The van der Waals surface area contributed by atoms with Crippen LogP contribution in [0.4, 0.5) is 0 Å². The molecule has 0 bridgehead atoms. The molecule has 1 aliphatic heterocycles. The van der Waals surface area contributed by atoms with Gasteiger partial charge in [0.2, 0.25) is 0 Å². The van der Waals surface area contributed by atoms with Crippen molar-refractivity contribution in [2.75, 3.05) is 12.3 Å². The van der Waals surface area contributed by atoms with Crippen LogP contribution in [0.25, 0.3) is 0 Å². The van der Waals surface area contributed by atoms with Crippen molar-refractivity contribution in [2.24, 2.45) is 4.99 Å². The van der Waals surface area contributed by atoms with Gasteiger partial charge in [-0.3, -0.25) is 4.99 Å². The quantitative estimate of drug-likeness (QED) is 0.482. The Morgan fingerprint density at radius 3 is 2.88 bits per heavy atom. The van der Waals surface area contributed by atoms with Crippen LogP contribution in [0.15, 0.2) is 16.5 Å². The van der Waals surface area contributed by atoms with Crippen LogP contribution < -0.4 is 0 Å². The van der Waals surface area contributed by atoms with Gasteiger partial charge in [-0.1, -0.05) is 6.58 Å².